The summed E-state index contributed by atoms with van der Waals surface area (Å²) < 4.78 is 27.0. The molecule has 0 aliphatic carbocycles. The van der Waals surface area contributed by atoms with Crippen LogP contribution < -0.4 is 0 Å². The molecule has 0 unspecified atom stereocenters. The monoisotopic (exact) mass is 438 g/mol. The summed E-state index contributed by atoms with van der Waals surface area (Å²) in [7, 11) is -4.02. The van der Waals surface area contributed by atoms with Crippen molar-refractivity contribution in [2.75, 3.05) is 26.2 Å². The Kier molecular flexibility index (Phi) is 5.74. The second kappa shape index (κ2) is 7.81. The lowest BCUT2D eigenvalue weighted by Crippen LogP contribution is -2.50. The van der Waals surface area contributed by atoms with Gasteiger partial charge in [-0.25, -0.2) is 13.4 Å². The van der Waals surface area contributed by atoms with Crippen LogP contribution in [0.4, 0.5) is 5.69 Å². The molecule has 0 bridgehead atoms. The van der Waals surface area contributed by atoms with Gasteiger partial charge in [0.2, 0.25) is 10.0 Å². The van der Waals surface area contributed by atoms with Gasteiger partial charge < -0.3 is 4.90 Å². The van der Waals surface area contributed by atoms with Gasteiger partial charge in [0.1, 0.15) is 4.88 Å². The van der Waals surface area contributed by atoms with E-state index in [1.807, 2.05) is 20.8 Å². The summed E-state index contributed by atoms with van der Waals surface area (Å²) in [5.41, 5.74) is -0.606. The van der Waals surface area contributed by atoms with Crippen LogP contribution in [0.25, 0.3) is 0 Å². The number of carbonyl (C=O) groups excluding carboxylic acids is 1. The van der Waals surface area contributed by atoms with Crippen LogP contribution in [0.15, 0.2) is 35.4 Å². The van der Waals surface area contributed by atoms with Gasteiger partial charge in [-0.1, -0.05) is 32.9 Å². The van der Waals surface area contributed by atoms with Crippen LogP contribution in [0.2, 0.25) is 0 Å². The SMILES string of the molecule is CC(C)(C)c1ncc(C(=O)N2CCN(S(=O)(=O)c3ccccc3[N+](=O)[O-])CC2)s1. The predicted molar refractivity (Wildman–Crippen MR) is 109 cm³/mol. The zero-order valence-corrected chi connectivity index (χ0v) is 18.0. The van der Waals surface area contributed by atoms with E-state index < -0.39 is 20.6 Å². The number of nitro benzene ring substituents is 1. The number of carbonyl (C=O) groups is 1. The zero-order valence-electron chi connectivity index (χ0n) is 16.4. The van der Waals surface area contributed by atoms with Gasteiger partial charge >= 0.3 is 0 Å². The van der Waals surface area contributed by atoms with Crippen LogP contribution in [0.1, 0.15) is 35.5 Å². The van der Waals surface area contributed by atoms with Crippen molar-refractivity contribution < 1.29 is 18.1 Å². The third kappa shape index (κ3) is 4.31. The molecule has 0 spiro atoms. The summed E-state index contributed by atoms with van der Waals surface area (Å²) in [4.78, 5) is 29.3. The Hall–Kier alpha value is -2.37. The number of aromatic nitrogens is 1. The van der Waals surface area contributed by atoms with Crippen molar-refractivity contribution in [3.05, 3.63) is 50.5 Å². The number of nitrogens with zero attached hydrogens (tertiary/aromatic N) is 4. The van der Waals surface area contributed by atoms with Gasteiger partial charge in [-0.2, -0.15) is 4.31 Å². The van der Waals surface area contributed by atoms with Crippen LogP contribution in [0, 0.1) is 10.1 Å². The molecule has 2 aromatic rings. The van der Waals surface area contributed by atoms with Gasteiger partial charge in [-0.05, 0) is 6.07 Å². The standard InChI is InChI=1S/C18H22N4O5S2/c1-18(2,3)17-19-12-14(28-17)16(23)20-8-10-21(11-9-20)29(26,27)15-7-5-4-6-13(15)22(24)25/h4-7,12H,8-11H2,1-3H3. The molecule has 156 valence electrons. The largest absolute Gasteiger partial charge is 0.335 e. The van der Waals surface area contributed by atoms with Gasteiger partial charge in [-0.15, -0.1) is 11.3 Å². The minimum Gasteiger partial charge on any atom is -0.335 e. The molecular weight excluding hydrogens is 416 g/mol. The predicted octanol–water partition coefficient (Wildman–Crippen LogP) is 2.50. The van der Waals surface area contributed by atoms with Gasteiger partial charge in [0.05, 0.1) is 16.1 Å². The molecule has 1 saturated heterocycles. The summed E-state index contributed by atoms with van der Waals surface area (Å²) in [6.45, 7) is 6.63. The van der Waals surface area contributed by atoms with Crippen LogP contribution in [0.5, 0.6) is 0 Å². The normalized spacial score (nSPS) is 16.0. The quantitative estimate of drug-likeness (QED) is 0.535. The first kappa shape index (κ1) is 21.3. The number of hydrogen-bond acceptors (Lipinski definition) is 7. The number of nitro groups is 1. The first-order chi connectivity index (χ1) is 13.5. The van der Waals surface area contributed by atoms with Crippen molar-refractivity contribution in [2.45, 2.75) is 31.1 Å². The molecule has 1 aliphatic rings. The van der Waals surface area contributed by atoms with Crippen molar-refractivity contribution in [2.24, 2.45) is 0 Å². The van der Waals surface area contributed by atoms with Crippen molar-refractivity contribution >= 4 is 33.0 Å². The van der Waals surface area contributed by atoms with Gasteiger partial charge in [-0.3, -0.25) is 14.9 Å². The number of amides is 1. The maximum absolute atomic E-state index is 12.9. The van der Waals surface area contributed by atoms with E-state index in [1.165, 1.54) is 39.9 Å². The first-order valence-corrected chi connectivity index (χ1v) is 11.3. The van der Waals surface area contributed by atoms with E-state index >= 15 is 0 Å². The van der Waals surface area contributed by atoms with Crippen LogP contribution in [0.3, 0.4) is 0 Å². The van der Waals surface area contributed by atoms with Crippen LogP contribution >= 0.6 is 11.3 Å². The lowest BCUT2D eigenvalue weighted by molar-refractivity contribution is -0.387. The van der Waals surface area contributed by atoms with Crippen LogP contribution in [-0.2, 0) is 15.4 Å². The molecule has 1 amide bonds. The second-order valence-corrected chi connectivity index (χ2v) is 10.6. The third-order valence-corrected chi connectivity index (χ3v) is 7.92. The van der Waals surface area contributed by atoms with Crippen LogP contribution in [-0.4, -0.2) is 59.6 Å². The Bertz CT molecular complexity index is 1030. The molecule has 1 aromatic carbocycles. The number of piperazine rings is 1. The number of hydrogen-bond donors (Lipinski definition) is 0. The average molecular weight is 439 g/mol. The van der Waals surface area contributed by atoms with Crippen molar-refractivity contribution in [3.63, 3.8) is 0 Å². The molecule has 0 radical (unpaired) electrons. The Morgan fingerprint density at radius 3 is 2.34 bits per heavy atom. The highest BCUT2D eigenvalue weighted by Gasteiger charge is 2.35. The molecule has 1 aliphatic heterocycles. The fraction of sp³-hybridized carbons (Fsp3) is 0.444. The average Bonchev–Trinajstić information content (AvgIpc) is 3.18. The highest BCUT2D eigenvalue weighted by molar-refractivity contribution is 7.89. The molecule has 3 rings (SSSR count). The molecule has 0 saturated carbocycles. The lowest BCUT2D eigenvalue weighted by Gasteiger charge is -2.33. The molecule has 0 atom stereocenters. The number of thiazole rings is 1. The van der Waals surface area contributed by atoms with E-state index in [0.29, 0.717) is 4.88 Å². The van der Waals surface area contributed by atoms with E-state index in [1.54, 1.807) is 11.1 Å². The fourth-order valence-electron chi connectivity index (χ4n) is 2.97. The van der Waals surface area contributed by atoms with Crippen molar-refractivity contribution in [1.29, 1.82) is 0 Å². The fourth-order valence-corrected chi connectivity index (χ4v) is 5.49. The first-order valence-electron chi connectivity index (χ1n) is 9.01. The third-order valence-electron chi connectivity index (χ3n) is 4.56. The topological polar surface area (TPSA) is 114 Å². The molecule has 2 heterocycles. The zero-order chi connectivity index (χ0) is 21.4. The molecule has 0 N–H and O–H groups in total. The molecule has 1 aromatic heterocycles. The van der Waals surface area contributed by atoms with E-state index in [2.05, 4.69) is 4.98 Å². The van der Waals surface area contributed by atoms with Gasteiger partial charge in [0.25, 0.3) is 11.6 Å². The smallest absolute Gasteiger partial charge is 0.289 e. The molecular formula is C18H22N4O5S2. The van der Waals surface area contributed by atoms with Gasteiger partial charge in [0.15, 0.2) is 4.90 Å². The Morgan fingerprint density at radius 2 is 1.79 bits per heavy atom. The number of rotatable bonds is 4. The number of sulfonamides is 1. The minimum atomic E-state index is -4.02. The summed E-state index contributed by atoms with van der Waals surface area (Å²) in [5.74, 6) is -0.180. The van der Waals surface area contributed by atoms with E-state index in [-0.39, 0.29) is 42.4 Å². The maximum Gasteiger partial charge on any atom is 0.289 e. The Balaban J connectivity index is 1.73. The van der Waals surface area contributed by atoms with E-state index in [9.17, 15) is 23.3 Å². The lowest BCUT2D eigenvalue weighted by atomic mass is 9.98. The van der Waals surface area contributed by atoms with Crippen molar-refractivity contribution in [1.82, 2.24) is 14.2 Å². The summed E-state index contributed by atoms with van der Waals surface area (Å²) in [6, 6.07) is 5.28. The maximum atomic E-state index is 12.9. The highest BCUT2D eigenvalue weighted by atomic mass is 32.2. The summed E-state index contributed by atoms with van der Waals surface area (Å²) >= 11 is 1.34. The van der Waals surface area contributed by atoms with Crippen molar-refractivity contribution in [3.8, 4) is 0 Å². The Labute approximate surface area is 173 Å². The molecule has 29 heavy (non-hydrogen) atoms. The molecule has 1 fully saturated rings. The summed E-state index contributed by atoms with van der Waals surface area (Å²) in [6.07, 6.45) is 1.56. The van der Waals surface area contributed by atoms with E-state index in [0.717, 1.165) is 5.01 Å². The number of para-hydroxylation sites is 1. The Morgan fingerprint density at radius 1 is 1.17 bits per heavy atom. The molecule has 11 heteroatoms. The number of benzene rings is 1. The van der Waals surface area contributed by atoms with E-state index in [4.69, 9.17) is 0 Å². The second-order valence-electron chi connectivity index (χ2n) is 7.70. The van der Waals surface area contributed by atoms with Gasteiger partial charge in [0, 0.05) is 37.7 Å². The molecule has 9 nitrogen and oxygen atoms in total. The minimum absolute atomic E-state index is 0.0745. The summed E-state index contributed by atoms with van der Waals surface area (Å²) in [5, 5.41) is 12.0. The highest BCUT2D eigenvalue weighted by Crippen LogP contribution is 2.29.